The fourth-order valence-corrected chi connectivity index (χ4v) is 3.16. The summed E-state index contributed by atoms with van der Waals surface area (Å²) in [7, 11) is 0. The zero-order valence-corrected chi connectivity index (χ0v) is 12.6. The van der Waals surface area contributed by atoms with E-state index in [1.165, 1.54) is 17.7 Å². The van der Waals surface area contributed by atoms with Gasteiger partial charge >= 0.3 is 0 Å². The number of aromatic nitrogens is 5. The fourth-order valence-electron chi connectivity index (χ4n) is 2.11. The smallest absolute Gasteiger partial charge is 0.262 e. The van der Waals surface area contributed by atoms with Crippen molar-refractivity contribution in [3.8, 4) is 0 Å². The fraction of sp³-hybridized carbons (Fsp3) is 0.250. The van der Waals surface area contributed by atoms with Gasteiger partial charge in [-0.1, -0.05) is 0 Å². The maximum absolute atomic E-state index is 12.4. The first-order valence-corrected chi connectivity index (χ1v) is 7.24. The molecular formula is C12H13N7O2S. The van der Waals surface area contributed by atoms with Crippen molar-refractivity contribution in [3.05, 3.63) is 32.9 Å². The van der Waals surface area contributed by atoms with E-state index in [1.54, 1.807) is 13.8 Å². The molecule has 3 aromatic rings. The highest BCUT2D eigenvalue weighted by molar-refractivity contribution is 7.20. The van der Waals surface area contributed by atoms with Gasteiger partial charge in [-0.05, 0) is 19.4 Å². The predicted octanol–water partition coefficient (Wildman–Crippen LogP) is 0.484. The summed E-state index contributed by atoms with van der Waals surface area (Å²) in [6.07, 6.45) is 1.32. The zero-order chi connectivity index (χ0) is 15.9. The Labute approximate surface area is 128 Å². The molecule has 0 aromatic carbocycles. The Morgan fingerprint density at radius 2 is 2.27 bits per heavy atom. The lowest BCUT2D eigenvalue weighted by molar-refractivity contribution is 0.0942. The number of rotatable bonds is 3. The van der Waals surface area contributed by atoms with Crippen LogP contribution >= 0.6 is 11.3 Å². The lowest BCUT2D eigenvalue weighted by atomic mass is 10.2. The molecule has 3 rings (SSSR count). The van der Waals surface area contributed by atoms with Crippen LogP contribution < -0.4 is 16.6 Å². The summed E-state index contributed by atoms with van der Waals surface area (Å²) in [5, 5.41) is 9.60. The van der Waals surface area contributed by atoms with Crippen LogP contribution in [-0.4, -0.2) is 31.1 Å². The van der Waals surface area contributed by atoms with Gasteiger partial charge in [0.15, 0.2) is 0 Å². The lowest BCUT2D eigenvalue weighted by Crippen LogP contribution is -2.27. The number of aryl methyl sites for hydroxylation is 1. The van der Waals surface area contributed by atoms with Gasteiger partial charge in [0.05, 0.1) is 22.6 Å². The van der Waals surface area contributed by atoms with Crippen molar-refractivity contribution in [2.45, 2.75) is 19.9 Å². The Hall–Kier alpha value is -2.75. The van der Waals surface area contributed by atoms with Crippen LogP contribution in [0.25, 0.3) is 10.2 Å². The number of nitrogen functional groups attached to an aromatic ring is 1. The van der Waals surface area contributed by atoms with Gasteiger partial charge in [-0.15, -0.1) is 16.4 Å². The molecule has 114 valence electrons. The summed E-state index contributed by atoms with van der Waals surface area (Å²) in [6.45, 7) is 3.48. The van der Waals surface area contributed by atoms with Crippen LogP contribution in [0.5, 0.6) is 0 Å². The summed E-state index contributed by atoms with van der Waals surface area (Å²) >= 11 is 1.17. The normalized spacial score (nSPS) is 12.5. The second kappa shape index (κ2) is 5.22. The number of H-pyrrole nitrogens is 2. The van der Waals surface area contributed by atoms with Gasteiger partial charge in [-0.25, -0.2) is 4.98 Å². The maximum Gasteiger partial charge on any atom is 0.262 e. The first-order valence-electron chi connectivity index (χ1n) is 6.42. The molecule has 0 aliphatic rings. The average molecular weight is 319 g/mol. The van der Waals surface area contributed by atoms with Crippen molar-refractivity contribution >= 4 is 33.4 Å². The van der Waals surface area contributed by atoms with Crippen LogP contribution in [0.4, 0.5) is 5.95 Å². The second-order valence-corrected chi connectivity index (χ2v) is 5.74. The van der Waals surface area contributed by atoms with E-state index in [0.29, 0.717) is 26.5 Å². The number of carbonyl (C=O) groups is 1. The van der Waals surface area contributed by atoms with Gasteiger partial charge in [0, 0.05) is 0 Å². The molecule has 1 amide bonds. The summed E-state index contributed by atoms with van der Waals surface area (Å²) in [6, 6.07) is -0.395. The highest BCUT2D eigenvalue weighted by Gasteiger charge is 2.21. The first-order chi connectivity index (χ1) is 10.5. The van der Waals surface area contributed by atoms with E-state index in [2.05, 4.69) is 30.5 Å². The van der Waals surface area contributed by atoms with Crippen molar-refractivity contribution in [2.75, 3.05) is 5.73 Å². The van der Waals surface area contributed by atoms with Gasteiger partial charge in [0.1, 0.15) is 10.7 Å². The van der Waals surface area contributed by atoms with Crippen LogP contribution in [0.2, 0.25) is 0 Å². The lowest BCUT2D eigenvalue weighted by Gasteiger charge is -2.10. The maximum atomic E-state index is 12.4. The van der Waals surface area contributed by atoms with Crippen molar-refractivity contribution in [1.29, 1.82) is 0 Å². The number of nitrogens with two attached hydrogens (primary N) is 1. The van der Waals surface area contributed by atoms with E-state index >= 15 is 0 Å². The van der Waals surface area contributed by atoms with Crippen molar-refractivity contribution < 1.29 is 4.79 Å². The van der Waals surface area contributed by atoms with E-state index in [1.807, 2.05) is 0 Å². The van der Waals surface area contributed by atoms with E-state index in [4.69, 9.17) is 5.73 Å². The standard InChI is InChI=1S/C12H13N7O2S/c1-4-6-9(20)14-3-15-11(6)22-7(4)10(21)16-5(2)8-17-12(13)19-18-8/h3,5H,1-2H3,(H,16,21)(H,14,15,20)(H3,13,17,18,19). The summed E-state index contributed by atoms with van der Waals surface area (Å²) in [4.78, 5) is 35.8. The van der Waals surface area contributed by atoms with Gasteiger partial charge in [0.2, 0.25) is 5.95 Å². The molecule has 1 unspecified atom stereocenters. The zero-order valence-electron chi connectivity index (χ0n) is 11.8. The SMILES string of the molecule is Cc1c(C(=O)NC(C)c2nc(N)n[nH]2)sc2nc[nH]c(=O)c12. The highest BCUT2D eigenvalue weighted by Crippen LogP contribution is 2.26. The highest BCUT2D eigenvalue weighted by atomic mass is 32.1. The van der Waals surface area contributed by atoms with Crippen molar-refractivity contribution in [2.24, 2.45) is 0 Å². The predicted molar refractivity (Wildman–Crippen MR) is 81.7 cm³/mol. The Kier molecular flexibility index (Phi) is 3.37. The van der Waals surface area contributed by atoms with Crippen LogP contribution in [0.15, 0.2) is 11.1 Å². The Morgan fingerprint density at radius 3 is 2.91 bits per heavy atom. The minimum atomic E-state index is -0.395. The molecule has 0 saturated carbocycles. The number of amides is 1. The summed E-state index contributed by atoms with van der Waals surface area (Å²) in [5.74, 6) is 0.271. The second-order valence-electron chi connectivity index (χ2n) is 4.74. The molecule has 0 bridgehead atoms. The van der Waals surface area contributed by atoms with E-state index < -0.39 is 6.04 Å². The average Bonchev–Trinajstić information content (AvgIpc) is 3.04. The number of hydrogen-bond donors (Lipinski definition) is 4. The molecule has 0 fully saturated rings. The van der Waals surface area contributed by atoms with Crippen molar-refractivity contribution in [1.82, 2.24) is 30.5 Å². The first kappa shape index (κ1) is 14.2. The van der Waals surface area contributed by atoms with Crippen LogP contribution in [0.1, 0.15) is 34.0 Å². The number of nitrogens with zero attached hydrogens (tertiary/aromatic N) is 3. The van der Waals surface area contributed by atoms with Crippen molar-refractivity contribution in [3.63, 3.8) is 0 Å². The van der Waals surface area contributed by atoms with E-state index in [9.17, 15) is 9.59 Å². The minimum Gasteiger partial charge on any atom is -0.367 e. The molecule has 1 atom stereocenters. The number of anilines is 1. The Morgan fingerprint density at radius 1 is 1.50 bits per heavy atom. The number of aromatic amines is 2. The quantitative estimate of drug-likeness (QED) is 0.553. The van der Waals surface area contributed by atoms with E-state index in [0.717, 1.165) is 0 Å². The number of hydrogen-bond acceptors (Lipinski definition) is 7. The third kappa shape index (κ3) is 2.33. The summed E-state index contributed by atoms with van der Waals surface area (Å²) in [5.41, 5.74) is 5.79. The molecule has 3 heterocycles. The molecule has 0 aliphatic carbocycles. The van der Waals surface area contributed by atoms with Gasteiger partial charge in [-0.3, -0.25) is 14.7 Å². The van der Waals surface area contributed by atoms with Gasteiger partial charge in [0.25, 0.3) is 11.5 Å². The molecule has 10 heteroatoms. The third-order valence-corrected chi connectivity index (χ3v) is 4.42. The monoisotopic (exact) mass is 319 g/mol. The van der Waals surface area contributed by atoms with Crippen LogP contribution in [-0.2, 0) is 0 Å². The number of thiophene rings is 1. The number of carbonyl (C=O) groups excluding carboxylic acids is 1. The van der Waals surface area contributed by atoms with Crippen LogP contribution in [0, 0.1) is 6.92 Å². The molecule has 3 aromatic heterocycles. The summed E-state index contributed by atoms with van der Waals surface area (Å²) < 4.78 is 0. The number of fused-ring (bicyclic) bond motifs is 1. The number of nitrogens with one attached hydrogen (secondary N) is 3. The topological polar surface area (TPSA) is 142 Å². The molecular weight excluding hydrogens is 306 g/mol. The van der Waals surface area contributed by atoms with Gasteiger partial charge < -0.3 is 16.0 Å². The largest absolute Gasteiger partial charge is 0.367 e. The Bertz CT molecular complexity index is 910. The molecule has 5 N–H and O–H groups in total. The molecule has 9 nitrogen and oxygen atoms in total. The Balaban J connectivity index is 1.91. The molecule has 0 radical (unpaired) electrons. The minimum absolute atomic E-state index is 0.116. The molecule has 0 aliphatic heterocycles. The molecule has 0 saturated heterocycles. The van der Waals surface area contributed by atoms with Crippen LogP contribution in [0.3, 0.4) is 0 Å². The van der Waals surface area contributed by atoms with E-state index in [-0.39, 0.29) is 17.4 Å². The molecule has 22 heavy (non-hydrogen) atoms. The van der Waals surface area contributed by atoms with Gasteiger partial charge in [-0.2, -0.15) is 4.98 Å². The molecule has 0 spiro atoms. The third-order valence-electron chi connectivity index (χ3n) is 3.22.